The number of unbranched alkanes of at least 4 members (excludes halogenated alkanes) is 1. The van der Waals surface area contributed by atoms with E-state index in [0.29, 0.717) is 12.5 Å². The highest BCUT2D eigenvalue weighted by Crippen LogP contribution is 2.37. The molecular weight excluding hydrogens is 222 g/mol. The smallest absolute Gasteiger partial charge is 0.215 e. The van der Waals surface area contributed by atoms with Crippen LogP contribution in [-0.2, 0) is 10.0 Å². The van der Waals surface area contributed by atoms with Crippen molar-refractivity contribution in [1.29, 1.82) is 0 Å². The third-order valence-electron chi connectivity index (χ3n) is 3.65. The highest BCUT2D eigenvalue weighted by atomic mass is 32.2. The molecule has 3 nitrogen and oxygen atoms in total. The summed E-state index contributed by atoms with van der Waals surface area (Å²) in [5.41, 5.74) is 0. The van der Waals surface area contributed by atoms with Crippen LogP contribution in [0.5, 0.6) is 0 Å². The van der Waals surface area contributed by atoms with Crippen LogP contribution in [0.2, 0.25) is 0 Å². The van der Waals surface area contributed by atoms with Crippen LogP contribution in [0.3, 0.4) is 0 Å². The van der Waals surface area contributed by atoms with Gasteiger partial charge in [0.2, 0.25) is 10.0 Å². The molecule has 1 aliphatic carbocycles. The van der Waals surface area contributed by atoms with Gasteiger partial charge in [0.25, 0.3) is 0 Å². The summed E-state index contributed by atoms with van der Waals surface area (Å²) in [6, 6.07) is 0. The molecule has 0 spiro atoms. The Kier molecular flexibility index (Phi) is 4.80. The normalized spacial score (nSPS) is 31.6. The molecule has 96 valence electrons. The monoisotopic (exact) mass is 247 g/mol. The van der Waals surface area contributed by atoms with E-state index in [1.807, 2.05) is 6.92 Å². The molecule has 1 rings (SSSR count). The lowest BCUT2D eigenvalue weighted by Gasteiger charge is -2.36. The van der Waals surface area contributed by atoms with E-state index in [2.05, 4.69) is 18.6 Å². The molecule has 4 heteroatoms. The van der Waals surface area contributed by atoms with Crippen LogP contribution in [0.4, 0.5) is 0 Å². The van der Waals surface area contributed by atoms with Gasteiger partial charge in [0.1, 0.15) is 0 Å². The molecule has 0 aliphatic heterocycles. The maximum absolute atomic E-state index is 12.2. The molecule has 0 heterocycles. The standard InChI is InChI=1S/C12H25NO2S/c1-4-5-9-13-16(14,15)12(3)8-6-7-11(2)10-12/h11,13H,4-10H2,1-3H3. The summed E-state index contributed by atoms with van der Waals surface area (Å²) in [6.45, 7) is 6.71. The topological polar surface area (TPSA) is 46.2 Å². The van der Waals surface area contributed by atoms with Crippen LogP contribution in [0, 0.1) is 5.92 Å². The van der Waals surface area contributed by atoms with Gasteiger partial charge in [-0.25, -0.2) is 13.1 Å². The molecule has 2 atom stereocenters. The average Bonchev–Trinajstić information content (AvgIpc) is 2.17. The lowest BCUT2D eigenvalue weighted by atomic mass is 9.83. The molecule has 0 bridgehead atoms. The number of rotatable bonds is 5. The molecule has 1 N–H and O–H groups in total. The third kappa shape index (κ3) is 3.20. The lowest BCUT2D eigenvalue weighted by Crippen LogP contribution is -2.47. The maximum atomic E-state index is 12.2. The molecular formula is C12H25NO2S. The highest BCUT2D eigenvalue weighted by molar-refractivity contribution is 7.90. The molecule has 1 aliphatic rings. The highest BCUT2D eigenvalue weighted by Gasteiger charge is 2.41. The Morgan fingerprint density at radius 3 is 2.69 bits per heavy atom. The van der Waals surface area contributed by atoms with E-state index in [4.69, 9.17) is 0 Å². The predicted octanol–water partition coefficient (Wildman–Crippen LogP) is 2.67. The number of nitrogens with one attached hydrogen (secondary N) is 1. The van der Waals surface area contributed by atoms with Crippen molar-refractivity contribution in [2.75, 3.05) is 6.54 Å². The van der Waals surface area contributed by atoms with E-state index in [-0.39, 0.29) is 0 Å². The van der Waals surface area contributed by atoms with Crippen molar-refractivity contribution < 1.29 is 8.42 Å². The zero-order chi connectivity index (χ0) is 12.2. The fourth-order valence-corrected chi connectivity index (χ4v) is 4.25. The summed E-state index contributed by atoms with van der Waals surface area (Å²) >= 11 is 0. The number of hydrogen-bond donors (Lipinski definition) is 1. The SMILES string of the molecule is CCCCNS(=O)(=O)C1(C)CCCC(C)C1. The molecule has 0 amide bonds. The Hall–Kier alpha value is -0.0900. The van der Waals surface area contributed by atoms with Crippen LogP contribution >= 0.6 is 0 Å². The molecule has 0 radical (unpaired) electrons. The van der Waals surface area contributed by atoms with Crippen molar-refractivity contribution in [2.24, 2.45) is 5.92 Å². The number of sulfonamides is 1. The van der Waals surface area contributed by atoms with Crippen molar-refractivity contribution in [3.05, 3.63) is 0 Å². The molecule has 1 saturated carbocycles. The van der Waals surface area contributed by atoms with E-state index in [9.17, 15) is 8.42 Å². The maximum Gasteiger partial charge on any atom is 0.217 e. The van der Waals surface area contributed by atoms with Gasteiger partial charge in [-0.15, -0.1) is 0 Å². The molecule has 16 heavy (non-hydrogen) atoms. The van der Waals surface area contributed by atoms with Gasteiger partial charge in [0.05, 0.1) is 4.75 Å². The molecule has 2 unspecified atom stereocenters. The summed E-state index contributed by atoms with van der Waals surface area (Å²) in [4.78, 5) is 0. The van der Waals surface area contributed by atoms with Crippen molar-refractivity contribution in [3.63, 3.8) is 0 Å². The summed E-state index contributed by atoms with van der Waals surface area (Å²) in [6.07, 6.45) is 5.75. The Labute approximate surface area is 100 Å². The van der Waals surface area contributed by atoms with Crippen molar-refractivity contribution in [3.8, 4) is 0 Å². The van der Waals surface area contributed by atoms with Gasteiger partial charge in [-0.1, -0.05) is 33.1 Å². The Morgan fingerprint density at radius 1 is 1.44 bits per heavy atom. The largest absolute Gasteiger partial charge is 0.217 e. The zero-order valence-electron chi connectivity index (χ0n) is 10.8. The van der Waals surface area contributed by atoms with Gasteiger partial charge >= 0.3 is 0 Å². The minimum atomic E-state index is -3.14. The predicted molar refractivity (Wildman–Crippen MR) is 67.9 cm³/mol. The Bertz CT molecular complexity index is 313. The number of hydrogen-bond acceptors (Lipinski definition) is 2. The molecule has 0 aromatic carbocycles. The van der Waals surface area contributed by atoms with Crippen LogP contribution in [0.1, 0.15) is 59.3 Å². The van der Waals surface area contributed by atoms with E-state index < -0.39 is 14.8 Å². The third-order valence-corrected chi connectivity index (χ3v) is 5.91. The second-order valence-electron chi connectivity index (χ2n) is 5.40. The van der Waals surface area contributed by atoms with Crippen LogP contribution < -0.4 is 4.72 Å². The Balaban J connectivity index is 2.65. The minimum Gasteiger partial charge on any atom is -0.215 e. The van der Waals surface area contributed by atoms with Crippen LogP contribution in [0.25, 0.3) is 0 Å². The second kappa shape index (κ2) is 5.50. The van der Waals surface area contributed by atoms with Gasteiger partial charge in [-0.2, -0.15) is 0 Å². The second-order valence-corrected chi connectivity index (χ2v) is 7.68. The fourth-order valence-electron chi connectivity index (χ4n) is 2.57. The Morgan fingerprint density at radius 2 is 2.12 bits per heavy atom. The van der Waals surface area contributed by atoms with E-state index in [1.165, 1.54) is 6.42 Å². The van der Waals surface area contributed by atoms with Gasteiger partial charge in [0.15, 0.2) is 0 Å². The quantitative estimate of drug-likeness (QED) is 0.759. The zero-order valence-corrected chi connectivity index (χ0v) is 11.6. The van der Waals surface area contributed by atoms with E-state index in [1.54, 1.807) is 0 Å². The van der Waals surface area contributed by atoms with Gasteiger partial charge < -0.3 is 0 Å². The molecule has 0 aromatic heterocycles. The van der Waals surface area contributed by atoms with E-state index in [0.717, 1.165) is 32.1 Å². The van der Waals surface area contributed by atoms with E-state index >= 15 is 0 Å². The van der Waals surface area contributed by atoms with Gasteiger partial charge in [0, 0.05) is 6.54 Å². The average molecular weight is 247 g/mol. The lowest BCUT2D eigenvalue weighted by molar-refractivity contribution is 0.312. The molecule has 0 aromatic rings. The van der Waals surface area contributed by atoms with Crippen LogP contribution in [0.15, 0.2) is 0 Å². The fraction of sp³-hybridized carbons (Fsp3) is 1.00. The summed E-state index contributed by atoms with van der Waals surface area (Å²) in [7, 11) is -3.14. The summed E-state index contributed by atoms with van der Waals surface area (Å²) in [5.74, 6) is 0.529. The van der Waals surface area contributed by atoms with Crippen molar-refractivity contribution in [1.82, 2.24) is 4.72 Å². The molecule has 0 saturated heterocycles. The summed E-state index contributed by atoms with van der Waals surface area (Å²) in [5, 5.41) is 0. The van der Waals surface area contributed by atoms with Crippen molar-refractivity contribution in [2.45, 2.75) is 64.0 Å². The molecule has 1 fully saturated rings. The first-order valence-corrected chi connectivity index (χ1v) is 7.89. The first-order chi connectivity index (χ1) is 7.41. The summed E-state index contributed by atoms with van der Waals surface area (Å²) < 4.78 is 26.7. The van der Waals surface area contributed by atoms with Crippen LogP contribution in [-0.4, -0.2) is 19.7 Å². The first kappa shape index (κ1) is 14.0. The first-order valence-electron chi connectivity index (χ1n) is 6.40. The van der Waals surface area contributed by atoms with Gasteiger partial charge in [-0.05, 0) is 32.1 Å². The van der Waals surface area contributed by atoms with Gasteiger partial charge in [-0.3, -0.25) is 0 Å². The van der Waals surface area contributed by atoms with Crippen molar-refractivity contribution >= 4 is 10.0 Å². The minimum absolute atomic E-state index is 0.529.